The molecule has 21 heavy (non-hydrogen) atoms. The van der Waals surface area contributed by atoms with Crippen molar-refractivity contribution in [3.8, 4) is 5.75 Å². The van der Waals surface area contributed by atoms with Gasteiger partial charge in [0, 0.05) is 13.1 Å². The van der Waals surface area contributed by atoms with Crippen molar-refractivity contribution in [2.24, 2.45) is 0 Å². The van der Waals surface area contributed by atoms with Crippen molar-refractivity contribution in [3.05, 3.63) is 54.6 Å². The summed E-state index contributed by atoms with van der Waals surface area (Å²) in [5, 5.41) is 11.6. The lowest BCUT2D eigenvalue weighted by Crippen LogP contribution is -2.21. The maximum Gasteiger partial charge on any atom is 0.149 e. The van der Waals surface area contributed by atoms with Gasteiger partial charge < -0.3 is 14.6 Å². The van der Waals surface area contributed by atoms with Crippen LogP contribution in [-0.4, -0.2) is 21.4 Å². The minimum atomic E-state index is 0.157. The van der Waals surface area contributed by atoms with Gasteiger partial charge in [-0.1, -0.05) is 24.8 Å². The summed E-state index contributed by atoms with van der Waals surface area (Å²) in [4.78, 5) is 0. The second-order valence-corrected chi connectivity index (χ2v) is 4.82. The Balaban J connectivity index is 1.89. The highest BCUT2D eigenvalue weighted by atomic mass is 16.5. The summed E-state index contributed by atoms with van der Waals surface area (Å²) in [6, 6.07) is 8.22. The Hall–Kier alpha value is -2.14. The van der Waals surface area contributed by atoms with Crippen molar-refractivity contribution < 1.29 is 4.74 Å². The van der Waals surface area contributed by atoms with E-state index in [1.54, 1.807) is 12.4 Å². The maximum absolute atomic E-state index is 5.46. The van der Waals surface area contributed by atoms with Crippen LogP contribution in [0.1, 0.15) is 31.3 Å². The zero-order chi connectivity index (χ0) is 15.1. The van der Waals surface area contributed by atoms with Gasteiger partial charge in [-0.3, -0.25) is 0 Å². The lowest BCUT2D eigenvalue weighted by atomic mass is 10.2. The summed E-state index contributed by atoms with van der Waals surface area (Å²) in [5.74, 6) is 1.82. The minimum absolute atomic E-state index is 0.157. The fourth-order valence-corrected chi connectivity index (χ4v) is 2.06. The van der Waals surface area contributed by atoms with Crippen molar-refractivity contribution >= 4 is 0 Å². The van der Waals surface area contributed by atoms with Gasteiger partial charge in [0.1, 0.15) is 24.5 Å². The molecule has 1 atom stereocenters. The van der Waals surface area contributed by atoms with E-state index in [2.05, 4.69) is 48.1 Å². The van der Waals surface area contributed by atoms with Crippen molar-refractivity contribution in [2.45, 2.75) is 33.0 Å². The first kappa shape index (κ1) is 15.3. The maximum atomic E-state index is 5.46. The number of aryl methyl sites for hydroxylation is 1. The number of rotatable bonds is 8. The summed E-state index contributed by atoms with van der Waals surface area (Å²) >= 11 is 0. The predicted octanol–water partition coefficient (Wildman–Crippen LogP) is 2.71. The third-order valence-corrected chi connectivity index (χ3v) is 3.28. The molecular weight excluding hydrogens is 264 g/mol. The lowest BCUT2D eigenvalue weighted by molar-refractivity contribution is 0.363. The van der Waals surface area contributed by atoms with Gasteiger partial charge in [0.25, 0.3) is 0 Å². The first-order chi connectivity index (χ1) is 10.2. The van der Waals surface area contributed by atoms with Gasteiger partial charge in [0.05, 0.1) is 6.04 Å². The number of hydrogen-bond donors (Lipinski definition) is 1. The minimum Gasteiger partial charge on any atom is -0.490 e. The van der Waals surface area contributed by atoms with E-state index in [0.29, 0.717) is 6.61 Å². The largest absolute Gasteiger partial charge is 0.490 e. The zero-order valence-electron chi connectivity index (χ0n) is 12.6. The molecule has 0 radical (unpaired) electrons. The summed E-state index contributed by atoms with van der Waals surface area (Å²) < 4.78 is 7.51. The molecule has 1 aromatic heterocycles. The Morgan fingerprint density at radius 1 is 1.38 bits per heavy atom. The highest BCUT2D eigenvalue weighted by Gasteiger charge is 2.11. The van der Waals surface area contributed by atoms with Gasteiger partial charge in [-0.05, 0) is 31.5 Å². The van der Waals surface area contributed by atoms with Crippen LogP contribution in [-0.2, 0) is 13.1 Å². The molecule has 0 aliphatic rings. The van der Waals surface area contributed by atoms with E-state index in [9.17, 15) is 0 Å². The number of nitrogens with zero attached hydrogens (tertiary/aromatic N) is 3. The predicted molar refractivity (Wildman–Crippen MR) is 83.1 cm³/mol. The smallest absolute Gasteiger partial charge is 0.149 e. The number of hydrogen-bond acceptors (Lipinski definition) is 4. The molecule has 0 fully saturated rings. The van der Waals surface area contributed by atoms with Crippen LogP contribution in [0, 0.1) is 0 Å². The molecule has 0 saturated heterocycles. The number of aromatic nitrogens is 3. The van der Waals surface area contributed by atoms with Gasteiger partial charge >= 0.3 is 0 Å². The molecule has 2 rings (SSSR count). The molecule has 5 heteroatoms. The average molecular weight is 286 g/mol. The van der Waals surface area contributed by atoms with Crippen molar-refractivity contribution in [1.29, 1.82) is 0 Å². The third-order valence-electron chi connectivity index (χ3n) is 3.28. The van der Waals surface area contributed by atoms with E-state index in [-0.39, 0.29) is 6.04 Å². The van der Waals surface area contributed by atoms with Crippen LogP contribution in [0.25, 0.3) is 0 Å². The number of benzene rings is 1. The van der Waals surface area contributed by atoms with E-state index in [4.69, 9.17) is 4.74 Å². The summed E-state index contributed by atoms with van der Waals surface area (Å²) in [6.07, 6.45) is 3.50. The van der Waals surface area contributed by atoms with E-state index in [0.717, 1.165) is 24.7 Å². The van der Waals surface area contributed by atoms with Crippen LogP contribution in [0.5, 0.6) is 5.75 Å². The highest BCUT2D eigenvalue weighted by molar-refractivity contribution is 5.27. The normalized spacial score (nSPS) is 12.1. The first-order valence-electron chi connectivity index (χ1n) is 7.18. The Morgan fingerprint density at radius 2 is 2.14 bits per heavy atom. The highest BCUT2D eigenvalue weighted by Crippen LogP contribution is 2.14. The lowest BCUT2D eigenvalue weighted by Gasteiger charge is -2.14. The summed E-state index contributed by atoms with van der Waals surface area (Å²) in [5.41, 5.74) is 1.20. The number of nitrogens with one attached hydrogen (secondary N) is 1. The molecule has 5 nitrogen and oxygen atoms in total. The molecule has 0 saturated carbocycles. The van der Waals surface area contributed by atoms with E-state index in [1.807, 2.05) is 16.7 Å². The van der Waals surface area contributed by atoms with Gasteiger partial charge in [0.15, 0.2) is 0 Å². The molecule has 1 unspecified atom stereocenters. The topological polar surface area (TPSA) is 52.0 Å². The standard InChI is InChI=1S/C16H22N4O/c1-4-10-21-15-8-6-14(7-9-15)11-17-13(3)16-19-18-12-20(16)5-2/h4,6-9,12-13,17H,1,5,10-11H2,2-3H3. The molecule has 1 aromatic carbocycles. The molecule has 0 spiro atoms. The van der Waals surface area contributed by atoms with Crippen LogP contribution in [0.2, 0.25) is 0 Å². The second-order valence-electron chi connectivity index (χ2n) is 4.82. The van der Waals surface area contributed by atoms with E-state index >= 15 is 0 Å². The Labute approximate surface area is 125 Å². The second kappa shape index (κ2) is 7.59. The molecular formula is C16H22N4O. The van der Waals surface area contributed by atoms with Crippen LogP contribution < -0.4 is 10.1 Å². The fraction of sp³-hybridized carbons (Fsp3) is 0.375. The van der Waals surface area contributed by atoms with Crippen LogP contribution in [0.4, 0.5) is 0 Å². The Morgan fingerprint density at radius 3 is 2.81 bits per heavy atom. The van der Waals surface area contributed by atoms with Crippen LogP contribution in [0.15, 0.2) is 43.2 Å². The Bertz CT molecular complexity index is 562. The quantitative estimate of drug-likeness (QED) is 0.758. The van der Waals surface area contributed by atoms with E-state index < -0.39 is 0 Å². The van der Waals surface area contributed by atoms with Crippen LogP contribution >= 0.6 is 0 Å². The third kappa shape index (κ3) is 4.16. The molecule has 0 aliphatic heterocycles. The monoisotopic (exact) mass is 286 g/mol. The van der Waals surface area contributed by atoms with Gasteiger partial charge in [0.2, 0.25) is 0 Å². The van der Waals surface area contributed by atoms with Gasteiger partial charge in [-0.15, -0.1) is 10.2 Å². The van der Waals surface area contributed by atoms with Gasteiger partial charge in [-0.25, -0.2) is 0 Å². The zero-order valence-corrected chi connectivity index (χ0v) is 12.6. The molecule has 0 aliphatic carbocycles. The molecule has 1 N–H and O–H groups in total. The molecule has 0 bridgehead atoms. The summed E-state index contributed by atoms with van der Waals surface area (Å²) in [7, 11) is 0. The summed E-state index contributed by atoms with van der Waals surface area (Å²) in [6.45, 7) is 10.00. The fourth-order valence-electron chi connectivity index (χ4n) is 2.06. The van der Waals surface area contributed by atoms with Gasteiger partial charge in [-0.2, -0.15) is 0 Å². The molecule has 1 heterocycles. The average Bonchev–Trinajstić information content (AvgIpc) is 3.00. The van der Waals surface area contributed by atoms with Crippen molar-refractivity contribution in [3.63, 3.8) is 0 Å². The van der Waals surface area contributed by atoms with E-state index in [1.165, 1.54) is 5.56 Å². The first-order valence-corrected chi connectivity index (χ1v) is 7.18. The Kier molecular flexibility index (Phi) is 5.51. The molecule has 2 aromatic rings. The van der Waals surface area contributed by atoms with Crippen molar-refractivity contribution in [2.75, 3.05) is 6.61 Å². The number of ether oxygens (including phenoxy) is 1. The molecule has 0 amide bonds. The molecule has 112 valence electrons. The SMILES string of the molecule is C=CCOc1ccc(CNC(C)c2nncn2CC)cc1. The van der Waals surface area contributed by atoms with Crippen molar-refractivity contribution in [1.82, 2.24) is 20.1 Å². The van der Waals surface area contributed by atoms with Crippen LogP contribution in [0.3, 0.4) is 0 Å².